The minimum Gasteiger partial charge on any atom is -0.457 e. The lowest BCUT2D eigenvalue weighted by Crippen LogP contribution is -2.35. The van der Waals surface area contributed by atoms with Crippen LogP contribution in [-0.4, -0.2) is 23.6 Å². The molecule has 0 saturated carbocycles. The predicted octanol–water partition coefficient (Wildman–Crippen LogP) is 4.46. The minimum atomic E-state index is -0.187. The first kappa shape index (κ1) is 20.5. The van der Waals surface area contributed by atoms with Crippen LogP contribution in [0.4, 0.5) is 5.69 Å². The summed E-state index contributed by atoms with van der Waals surface area (Å²) in [6.07, 6.45) is 0.783. The van der Waals surface area contributed by atoms with Gasteiger partial charge in [0, 0.05) is 23.0 Å². The van der Waals surface area contributed by atoms with Gasteiger partial charge in [-0.2, -0.15) is 0 Å². The lowest BCUT2D eigenvalue weighted by molar-refractivity contribution is 0.102. The number of ketones is 1. The number of hydrazine groups is 1. The fraction of sp³-hybridized carbons (Fsp3) is 0.0769. The average molecular weight is 438 g/mol. The van der Waals surface area contributed by atoms with E-state index < -0.39 is 0 Å². The number of benzene rings is 3. The topological polar surface area (TPSA) is 100 Å². The molecule has 5 rings (SSSR count). The number of Topliss-reactive ketones (excluding diaryl/α,β-unsaturated/α-hetero) is 1. The van der Waals surface area contributed by atoms with E-state index in [2.05, 4.69) is 10.4 Å². The molecule has 0 spiro atoms. The zero-order valence-electron chi connectivity index (χ0n) is 18.0. The Hall–Kier alpha value is -4.36. The molecule has 1 aromatic heterocycles. The first-order chi connectivity index (χ1) is 16.0. The number of rotatable bonds is 6. The highest BCUT2D eigenvalue weighted by atomic mass is 16.5. The molecule has 0 radical (unpaired) electrons. The molecule has 0 amide bonds. The first-order valence-corrected chi connectivity index (χ1v) is 10.5. The Morgan fingerprint density at radius 3 is 2.61 bits per heavy atom. The molecule has 0 fully saturated rings. The summed E-state index contributed by atoms with van der Waals surface area (Å²) in [4.78, 5) is 27.3. The van der Waals surface area contributed by atoms with E-state index in [9.17, 15) is 9.59 Å². The van der Waals surface area contributed by atoms with Crippen LogP contribution in [0, 0.1) is 6.92 Å². The van der Waals surface area contributed by atoms with Crippen LogP contribution < -0.4 is 20.9 Å². The number of nitrogens with two attached hydrogens (primary N) is 1. The van der Waals surface area contributed by atoms with Crippen LogP contribution in [0.1, 0.15) is 26.4 Å². The molecule has 164 valence electrons. The molecule has 4 N–H and O–H groups in total. The number of fused-ring (bicyclic) bond motifs is 1. The Morgan fingerprint density at radius 1 is 1.03 bits per heavy atom. The van der Waals surface area contributed by atoms with Gasteiger partial charge in [0.2, 0.25) is 5.78 Å². The molecule has 0 saturated heterocycles. The van der Waals surface area contributed by atoms with Crippen molar-refractivity contribution in [2.24, 2.45) is 5.73 Å². The van der Waals surface area contributed by atoms with Gasteiger partial charge in [0.15, 0.2) is 0 Å². The standard InChI is InChI=1S/C26H22N4O3/c1-16-11-20(33-19-5-3-2-4-6-19)8-10-24(16)30-26(27)21(14-28-30)25(32)23-13-18-12-17(15-31)7-9-22(18)29-23/h2-13,15,28-29H,14,27H2,1H3. The quantitative estimate of drug-likeness (QED) is 0.304. The largest absolute Gasteiger partial charge is 0.457 e. The highest BCUT2D eigenvalue weighted by Crippen LogP contribution is 2.31. The fourth-order valence-corrected chi connectivity index (χ4v) is 3.96. The maximum absolute atomic E-state index is 13.2. The van der Waals surface area contributed by atoms with Crippen molar-refractivity contribution < 1.29 is 14.3 Å². The van der Waals surface area contributed by atoms with Crippen molar-refractivity contribution in [2.75, 3.05) is 11.6 Å². The van der Waals surface area contributed by atoms with Crippen LogP contribution in [0.15, 0.2) is 84.2 Å². The van der Waals surface area contributed by atoms with Gasteiger partial charge < -0.3 is 15.5 Å². The van der Waals surface area contributed by atoms with Gasteiger partial charge in [0.25, 0.3) is 0 Å². The highest BCUT2D eigenvalue weighted by Gasteiger charge is 2.28. The van der Waals surface area contributed by atoms with E-state index in [1.54, 1.807) is 29.3 Å². The van der Waals surface area contributed by atoms with Crippen LogP contribution in [0.5, 0.6) is 11.5 Å². The van der Waals surface area contributed by atoms with Crippen molar-refractivity contribution in [1.29, 1.82) is 0 Å². The van der Waals surface area contributed by atoms with Gasteiger partial charge in [-0.15, -0.1) is 0 Å². The van der Waals surface area contributed by atoms with Crippen molar-refractivity contribution in [1.82, 2.24) is 10.4 Å². The third kappa shape index (κ3) is 3.86. The molecule has 33 heavy (non-hydrogen) atoms. The Labute approximate surface area is 190 Å². The van der Waals surface area contributed by atoms with E-state index in [1.807, 2.05) is 55.5 Å². The van der Waals surface area contributed by atoms with Crippen LogP contribution in [-0.2, 0) is 0 Å². The number of hydrogen-bond acceptors (Lipinski definition) is 6. The number of aryl methyl sites for hydroxylation is 1. The molecule has 1 aliphatic heterocycles. The number of aromatic amines is 1. The third-order valence-corrected chi connectivity index (χ3v) is 5.65. The molecule has 0 atom stereocenters. The van der Waals surface area contributed by atoms with E-state index >= 15 is 0 Å². The summed E-state index contributed by atoms with van der Waals surface area (Å²) in [5.41, 5.74) is 13.6. The zero-order valence-corrected chi connectivity index (χ0v) is 18.0. The molecule has 0 bridgehead atoms. The van der Waals surface area contributed by atoms with E-state index in [0.29, 0.717) is 34.9 Å². The van der Waals surface area contributed by atoms with Gasteiger partial charge in [0.05, 0.1) is 17.0 Å². The lowest BCUT2D eigenvalue weighted by Gasteiger charge is -2.22. The number of para-hydroxylation sites is 1. The van der Waals surface area contributed by atoms with Gasteiger partial charge in [-0.25, -0.2) is 5.43 Å². The third-order valence-electron chi connectivity index (χ3n) is 5.65. The average Bonchev–Trinajstić information content (AvgIpc) is 3.42. The molecule has 0 unspecified atom stereocenters. The molecule has 7 nitrogen and oxygen atoms in total. The highest BCUT2D eigenvalue weighted by molar-refractivity contribution is 6.11. The Morgan fingerprint density at radius 2 is 1.85 bits per heavy atom. The van der Waals surface area contributed by atoms with Gasteiger partial charge in [-0.1, -0.05) is 18.2 Å². The van der Waals surface area contributed by atoms with E-state index in [-0.39, 0.29) is 5.78 Å². The van der Waals surface area contributed by atoms with Gasteiger partial charge in [-0.05, 0) is 67.1 Å². The normalized spacial score (nSPS) is 13.5. The van der Waals surface area contributed by atoms with E-state index in [1.165, 1.54) is 0 Å². The van der Waals surface area contributed by atoms with Crippen LogP contribution in [0.2, 0.25) is 0 Å². The van der Waals surface area contributed by atoms with Crippen molar-refractivity contribution in [2.45, 2.75) is 6.92 Å². The molecule has 0 aliphatic carbocycles. The zero-order chi connectivity index (χ0) is 22.9. The molecule has 2 heterocycles. The second-order valence-corrected chi connectivity index (χ2v) is 7.87. The number of carbonyl (C=O) groups excluding carboxylic acids is 2. The molecular weight excluding hydrogens is 416 g/mol. The number of nitrogens with one attached hydrogen (secondary N) is 2. The van der Waals surface area contributed by atoms with E-state index in [0.717, 1.165) is 34.2 Å². The number of H-pyrrole nitrogens is 1. The number of aromatic nitrogens is 1. The number of nitrogens with zero attached hydrogens (tertiary/aromatic N) is 1. The second-order valence-electron chi connectivity index (χ2n) is 7.87. The van der Waals surface area contributed by atoms with Crippen LogP contribution in [0.3, 0.4) is 0 Å². The van der Waals surface area contributed by atoms with Crippen molar-refractivity contribution in [3.8, 4) is 11.5 Å². The number of carbonyl (C=O) groups is 2. The SMILES string of the molecule is Cc1cc(Oc2ccccc2)ccc1N1NCC(C(=O)c2cc3cc(C=O)ccc3[nH]2)=C1N. The fourth-order valence-electron chi connectivity index (χ4n) is 3.96. The molecular formula is C26H22N4O3. The summed E-state index contributed by atoms with van der Waals surface area (Å²) in [7, 11) is 0. The van der Waals surface area contributed by atoms with Crippen molar-refractivity contribution in [3.05, 3.63) is 101 Å². The van der Waals surface area contributed by atoms with Crippen LogP contribution in [0.25, 0.3) is 10.9 Å². The Balaban J connectivity index is 1.40. The Bertz CT molecular complexity index is 1410. The molecule has 1 aliphatic rings. The monoisotopic (exact) mass is 438 g/mol. The predicted molar refractivity (Wildman–Crippen MR) is 127 cm³/mol. The summed E-state index contributed by atoms with van der Waals surface area (Å²) >= 11 is 0. The minimum absolute atomic E-state index is 0.187. The van der Waals surface area contributed by atoms with Crippen LogP contribution >= 0.6 is 0 Å². The van der Waals surface area contributed by atoms with Gasteiger partial charge >= 0.3 is 0 Å². The molecule has 7 heteroatoms. The number of anilines is 1. The summed E-state index contributed by atoms with van der Waals surface area (Å²) < 4.78 is 5.90. The number of ether oxygens (including phenoxy) is 1. The summed E-state index contributed by atoms with van der Waals surface area (Å²) in [5.74, 6) is 1.64. The lowest BCUT2D eigenvalue weighted by atomic mass is 10.1. The first-order valence-electron chi connectivity index (χ1n) is 10.5. The van der Waals surface area contributed by atoms with Crippen molar-refractivity contribution >= 4 is 28.7 Å². The molecule has 3 aromatic carbocycles. The summed E-state index contributed by atoms with van der Waals surface area (Å²) in [6.45, 7) is 2.27. The molecule has 4 aromatic rings. The Kier molecular flexibility index (Phi) is 5.16. The summed E-state index contributed by atoms with van der Waals surface area (Å²) in [6, 6.07) is 22.3. The summed E-state index contributed by atoms with van der Waals surface area (Å²) in [5, 5.41) is 2.52. The van der Waals surface area contributed by atoms with E-state index in [4.69, 9.17) is 10.5 Å². The van der Waals surface area contributed by atoms with Gasteiger partial charge in [0.1, 0.15) is 23.6 Å². The second kappa shape index (κ2) is 8.29. The number of hydrogen-bond donors (Lipinski definition) is 3. The van der Waals surface area contributed by atoms with Gasteiger partial charge in [-0.3, -0.25) is 14.6 Å². The maximum atomic E-state index is 13.2. The van der Waals surface area contributed by atoms with Crippen molar-refractivity contribution in [3.63, 3.8) is 0 Å². The smallest absolute Gasteiger partial charge is 0.210 e. The number of aldehydes is 1. The maximum Gasteiger partial charge on any atom is 0.210 e.